The maximum absolute atomic E-state index is 12.9. The highest BCUT2D eigenvalue weighted by molar-refractivity contribution is 6.01. The van der Waals surface area contributed by atoms with E-state index in [2.05, 4.69) is 15.5 Å². The summed E-state index contributed by atoms with van der Waals surface area (Å²) in [4.78, 5) is 40.4. The van der Waals surface area contributed by atoms with Gasteiger partial charge >= 0.3 is 0 Å². The van der Waals surface area contributed by atoms with Crippen LogP contribution in [0.2, 0.25) is 0 Å². The molecule has 0 unspecified atom stereocenters. The van der Waals surface area contributed by atoms with E-state index in [4.69, 9.17) is 5.73 Å². The first-order valence-corrected chi connectivity index (χ1v) is 9.91. The number of amides is 3. The topological polar surface area (TPSA) is 108 Å². The molecule has 3 amide bonds. The van der Waals surface area contributed by atoms with Crippen LogP contribution in [0, 0.1) is 0 Å². The van der Waals surface area contributed by atoms with Crippen molar-refractivity contribution in [1.82, 2.24) is 20.4 Å². The molecule has 29 heavy (non-hydrogen) atoms. The predicted octanol–water partition coefficient (Wildman–Crippen LogP) is 0.291. The van der Waals surface area contributed by atoms with E-state index in [-0.39, 0.29) is 23.4 Å². The molecule has 1 aliphatic rings. The smallest absolute Gasteiger partial charge is 0.270 e. The van der Waals surface area contributed by atoms with E-state index in [1.165, 1.54) is 0 Å². The molecule has 0 bridgehead atoms. The monoisotopic (exact) mass is 401 g/mol. The lowest BCUT2D eigenvalue weighted by Crippen LogP contribution is -2.49. The molecule has 0 spiro atoms. The zero-order valence-electron chi connectivity index (χ0n) is 17.4. The molecular weight excluding hydrogens is 370 g/mol. The lowest BCUT2D eigenvalue weighted by atomic mass is 10.1. The van der Waals surface area contributed by atoms with E-state index in [0.717, 1.165) is 24.2 Å². The summed E-state index contributed by atoms with van der Waals surface area (Å²) in [5.41, 5.74) is 7.52. The van der Waals surface area contributed by atoms with Crippen molar-refractivity contribution >= 4 is 23.8 Å². The number of likely N-dealkylation sites (N-methyl/N-ethyl adjacent to an activating group) is 1. The van der Waals surface area contributed by atoms with Crippen LogP contribution in [0.15, 0.2) is 30.0 Å². The standard InChI is InChI=1S/C21H31N5O3/c1-4-19(27)24-18(21(29)26-11-9-25(3)10-12-26)13-16-5-7-17(8-6-16)14-23-20(28)15(2)22/h5-8,13,15H,4,9-12,14,22H2,1-3H3,(H,23,28)(H,24,27)/b18-13+/t15-/m0/s1. The van der Waals surface area contributed by atoms with Gasteiger partial charge in [-0.05, 0) is 31.2 Å². The van der Waals surface area contributed by atoms with Crippen LogP contribution in [0.3, 0.4) is 0 Å². The van der Waals surface area contributed by atoms with Crippen LogP contribution in [0.5, 0.6) is 0 Å². The third kappa shape index (κ3) is 6.99. The Morgan fingerprint density at radius 1 is 1.14 bits per heavy atom. The van der Waals surface area contributed by atoms with E-state index in [0.29, 0.717) is 26.1 Å². The fraction of sp³-hybridized carbons (Fsp3) is 0.476. The summed E-state index contributed by atoms with van der Waals surface area (Å²) in [7, 11) is 2.02. The minimum absolute atomic E-state index is 0.173. The number of rotatable bonds is 7. The van der Waals surface area contributed by atoms with Crippen LogP contribution in [0.25, 0.3) is 6.08 Å². The molecule has 1 saturated heterocycles. The molecule has 8 nitrogen and oxygen atoms in total. The van der Waals surface area contributed by atoms with E-state index in [1.807, 2.05) is 31.3 Å². The summed E-state index contributed by atoms with van der Waals surface area (Å²) < 4.78 is 0. The van der Waals surface area contributed by atoms with Crippen LogP contribution in [-0.2, 0) is 20.9 Å². The summed E-state index contributed by atoms with van der Waals surface area (Å²) in [5.74, 6) is -0.585. The van der Waals surface area contributed by atoms with Gasteiger partial charge in [0.15, 0.2) is 0 Å². The third-order valence-corrected chi connectivity index (χ3v) is 4.79. The molecule has 1 fully saturated rings. The molecule has 1 heterocycles. The third-order valence-electron chi connectivity index (χ3n) is 4.79. The number of benzene rings is 1. The van der Waals surface area contributed by atoms with E-state index >= 15 is 0 Å². The Morgan fingerprint density at radius 3 is 2.31 bits per heavy atom. The Labute approximate surface area is 172 Å². The molecular formula is C21H31N5O3. The summed E-state index contributed by atoms with van der Waals surface area (Å²) in [6.07, 6.45) is 1.99. The zero-order chi connectivity index (χ0) is 21.4. The van der Waals surface area contributed by atoms with Crippen LogP contribution < -0.4 is 16.4 Å². The number of carbonyl (C=O) groups is 3. The SMILES string of the molecule is CCC(=O)N/C(=C/c1ccc(CNC(=O)[C@H](C)N)cc1)C(=O)N1CCN(C)CC1. The predicted molar refractivity (Wildman–Crippen MR) is 112 cm³/mol. The van der Waals surface area contributed by atoms with Crippen molar-refractivity contribution in [3.05, 3.63) is 41.1 Å². The lowest BCUT2D eigenvalue weighted by Gasteiger charge is -2.33. The highest BCUT2D eigenvalue weighted by Crippen LogP contribution is 2.12. The molecule has 1 atom stereocenters. The van der Waals surface area contributed by atoms with Gasteiger partial charge < -0.3 is 26.2 Å². The number of hydrogen-bond acceptors (Lipinski definition) is 5. The zero-order valence-corrected chi connectivity index (χ0v) is 17.4. The number of nitrogens with one attached hydrogen (secondary N) is 2. The average molecular weight is 402 g/mol. The first-order chi connectivity index (χ1) is 13.8. The van der Waals surface area contributed by atoms with Gasteiger partial charge in [-0.25, -0.2) is 0 Å². The second kappa shape index (κ2) is 10.7. The molecule has 4 N–H and O–H groups in total. The number of hydrogen-bond donors (Lipinski definition) is 3. The maximum Gasteiger partial charge on any atom is 0.270 e. The highest BCUT2D eigenvalue weighted by atomic mass is 16.2. The largest absolute Gasteiger partial charge is 0.351 e. The Kier molecular flexibility index (Phi) is 8.35. The first kappa shape index (κ1) is 22.6. The van der Waals surface area contributed by atoms with Crippen molar-refractivity contribution < 1.29 is 14.4 Å². The van der Waals surface area contributed by atoms with Gasteiger partial charge in [0.2, 0.25) is 11.8 Å². The van der Waals surface area contributed by atoms with Crippen LogP contribution >= 0.6 is 0 Å². The van der Waals surface area contributed by atoms with Gasteiger partial charge in [0.1, 0.15) is 5.70 Å². The molecule has 0 aliphatic carbocycles. The average Bonchev–Trinajstić information content (AvgIpc) is 2.72. The second-order valence-electron chi connectivity index (χ2n) is 7.30. The summed E-state index contributed by atoms with van der Waals surface area (Å²) in [5, 5.41) is 5.49. The van der Waals surface area contributed by atoms with Crippen molar-refractivity contribution in [3.8, 4) is 0 Å². The Bertz CT molecular complexity index is 750. The molecule has 0 radical (unpaired) electrons. The molecule has 0 aromatic heterocycles. The van der Waals surface area contributed by atoms with Gasteiger partial charge in [-0.15, -0.1) is 0 Å². The fourth-order valence-corrected chi connectivity index (χ4v) is 2.82. The van der Waals surface area contributed by atoms with Gasteiger partial charge in [0.25, 0.3) is 5.91 Å². The number of piperazine rings is 1. The van der Waals surface area contributed by atoms with Gasteiger partial charge in [0.05, 0.1) is 6.04 Å². The molecule has 8 heteroatoms. The van der Waals surface area contributed by atoms with Gasteiger partial charge in [0, 0.05) is 39.1 Å². The minimum Gasteiger partial charge on any atom is -0.351 e. The summed E-state index contributed by atoms with van der Waals surface area (Å²) >= 11 is 0. The van der Waals surface area contributed by atoms with Gasteiger partial charge in [-0.1, -0.05) is 31.2 Å². The second-order valence-corrected chi connectivity index (χ2v) is 7.30. The molecule has 0 saturated carbocycles. The lowest BCUT2D eigenvalue weighted by molar-refractivity contribution is -0.130. The molecule has 158 valence electrons. The van der Waals surface area contributed by atoms with Gasteiger partial charge in [-0.3, -0.25) is 14.4 Å². The Morgan fingerprint density at radius 2 is 1.76 bits per heavy atom. The normalized spacial score (nSPS) is 16.3. The minimum atomic E-state index is -0.553. The quantitative estimate of drug-likeness (QED) is 0.569. The van der Waals surface area contributed by atoms with E-state index in [9.17, 15) is 14.4 Å². The maximum atomic E-state index is 12.9. The number of nitrogens with two attached hydrogens (primary N) is 1. The molecule has 1 aromatic carbocycles. The van der Waals surface area contributed by atoms with Crippen molar-refractivity contribution in [1.29, 1.82) is 0 Å². The highest BCUT2D eigenvalue weighted by Gasteiger charge is 2.23. The number of carbonyl (C=O) groups excluding carboxylic acids is 3. The van der Waals surface area contributed by atoms with Gasteiger partial charge in [-0.2, -0.15) is 0 Å². The molecule has 2 rings (SSSR count). The van der Waals surface area contributed by atoms with Crippen LogP contribution in [0.1, 0.15) is 31.4 Å². The van der Waals surface area contributed by atoms with Crippen molar-refractivity contribution in [2.75, 3.05) is 33.2 Å². The first-order valence-electron chi connectivity index (χ1n) is 9.91. The van der Waals surface area contributed by atoms with E-state index < -0.39 is 6.04 Å². The van der Waals surface area contributed by atoms with Crippen molar-refractivity contribution in [2.24, 2.45) is 5.73 Å². The van der Waals surface area contributed by atoms with Crippen LogP contribution in [-0.4, -0.2) is 66.8 Å². The Hall–Kier alpha value is -2.71. The van der Waals surface area contributed by atoms with E-state index in [1.54, 1.807) is 24.8 Å². The Balaban J connectivity index is 2.12. The summed E-state index contributed by atoms with van der Waals surface area (Å²) in [6, 6.07) is 6.88. The molecule has 1 aliphatic heterocycles. The molecule has 1 aromatic rings. The van der Waals surface area contributed by atoms with Crippen molar-refractivity contribution in [3.63, 3.8) is 0 Å². The van der Waals surface area contributed by atoms with Crippen LogP contribution in [0.4, 0.5) is 0 Å². The number of nitrogens with zero attached hydrogens (tertiary/aromatic N) is 2. The summed E-state index contributed by atoms with van der Waals surface area (Å²) in [6.45, 7) is 6.64. The van der Waals surface area contributed by atoms with Crippen molar-refractivity contribution in [2.45, 2.75) is 32.9 Å². The fourth-order valence-electron chi connectivity index (χ4n) is 2.82.